The molecule has 0 saturated carbocycles. The zero-order chi connectivity index (χ0) is 15.7. The molecule has 1 heterocycles. The molecular weight excluding hydrogens is 340 g/mol. The summed E-state index contributed by atoms with van der Waals surface area (Å²) < 4.78 is 26.9. The summed E-state index contributed by atoms with van der Waals surface area (Å²) in [5.41, 5.74) is 8.72. The monoisotopic (exact) mass is 355 g/mol. The molecule has 0 aliphatic rings. The molecule has 0 aliphatic carbocycles. The fourth-order valence-electron chi connectivity index (χ4n) is 2.38. The highest BCUT2D eigenvalue weighted by molar-refractivity contribution is 9.10. The van der Waals surface area contributed by atoms with Gasteiger partial charge in [0.2, 0.25) is 0 Å². The molecule has 0 amide bonds. The van der Waals surface area contributed by atoms with Crippen molar-refractivity contribution < 1.29 is 8.78 Å². The summed E-state index contributed by atoms with van der Waals surface area (Å²) in [7, 11) is 0. The van der Waals surface area contributed by atoms with Crippen LogP contribution in [0.1, 0.15) is 29.8 Å². The Morgan fingerprint density at radius 1 is 1.19 bits per heavy atom. The van der Waals surface area contributed by atoms with Gasteiger partial charge in [0.1, 0.15) is 0 Å². The Morgan fingerprint density at radius 2 is 1.76 bits per heavy atom. The second kappa shape index (κ2) is 6.15. The van der Waals surface area contributed by atoms with E-state index in [1.807, 2.05) is 20.8 Å². The smallest absolute Gasteiger partial charge is 0.173 e. The molecule has 0 radical (unpaired) electrons. The minimum absolute atomic E-state index is 0.0286. The number of hydrogen-bond acceptors (Lipinski definition) is 3. The van der Waals surface area contributed by atoms with Crippen molar-refractivity contribution in [3.8, 4) is 11.4 Å². The Hall–Kier alpha value is -1.40. The standard InChI is InChI=1S/C15H16BrF2N3/c1-7(6-19)12-8(2)20-15(21-9(12)3)10-4-5-11(17)14(18)13(10)16/h4-5,7H,6,19H2,1-3H3. The molecule has 1 aromatic carbocycles. The van der Waals surface area contributed by atoms with Crippen LogP contribution in [0.15, 0.2) is 16.6 Å². The van der Waals surface area contributed by atoms with Gasteiger partial charge in [0.15, 0.2) is 17.5 Å². The molecule has 0 spiro atoms. The van der Waals surface area contributed by atoms with Gasteiger partial charge in [-0.25, -0.2) is 18.7 Å². The quantitative estimate of drug-likeness (QED) is 0.850. The third-order valence-electron chi connectivity index (χ3n) is 3.45. The van der Waals surface area contributed by atoms with Crippen molar-refractivity contribution in [3.05, 3.63) is 45.2 Å². The highest BCUT2D eigenvalue weighted by Crippen LogP contribution is 2.31. The zero-order valence-electron chi connectivity index (χ0n) is 12.0. The third-order valence-corrected chi connectivity index (χ3v) is 4.22. The molecule has 2 rings (SSSR count). The van der Waals surface area contributed by atoms with Crippen molar-refractivity contribution in [2.24, 2.45) is 5.73 Å². The lowest BCUT2D eigenvalue weighted by Gasteiger charge is -2.16. The van der Waals surface area contributed by atoms with Gasteiger partial charge in [0.05, 0.1) is 4.47 Å². The van der Waals surface area contributed by atoms with Gasteiger partial charge in [0, 0.05) is 17.0 Å². The normalized spacial score (nSPS) is 12.5. The van der Waals surface area contributed by atoms with Crippen LogP contribution in [0.4, 0.5) is 8.78 Å². The lowest BCUT2D eigenvalue weighted by molar-refractivity contribution is 0.504. The third kappa shape index (κ3) is 2.96. The number of halogens is 3. The van der Waals surface area contributed by atoms with Gasteiger partial charge >= 0.3 is 0 Å². The van der Waals surface area contributed by atoms with Crippen LogP contribution in [0.2, 0.25) is 0 Å². The first kappa shape index (κ1) is 16.0. The van der Waals surface area contributed by atoms with E-state index in [1.165, 1.54) is 6.07 Å². The van der Waals surface area contributed by atoms with Crippen molar-refractivity contribution in [2.45, 2.75) is 26.7 Å². The second-order valence-electron chi connectivity index (χ2n) is 4.99. The fraction of sp³-hybridized carbons (Fsp3) is 0.333. The lowest BCUT2D eigenvalue weighted by Crippen LogP contribution is -2.14. The largest absolute Gasteiger partial charge is 0.330 e. The van der Waals surface area contributed by atoms with Crippen molar-refractivity contribution in [1.82, 2.24) is 9.97 Å². The molecule has 2 aromatic rings. The van der Waals surface area contributed by atoms with Gasteiger partial charge < -0.3 is 5.73 Å². The Morgan fingerprint density at radius 3 is 2.29 bits per heavy atom. The van der Waals surface area contributed by atoms with Crippen LogP contribution in [0.5, 0.6) is 0 Å². The van der Waals surface area contributed by atoms with Gasteiger partial charge in [-0.15, -0.1) is 0 Å². The summed E-state index contributed by atoms with van der Waals surface area (Å²) >= 11 is 3.06. The van der Waals surface area contributed by atoms with Crippen molar-refractivity contribution in [1.29, 1.82) is 0 Å². The minimum Gasteiger partial charge on any atom is -0.330 e. The maximum Gasteiger partial charge on any atom is 0.173 e. The van der Waals surface area contributed by atoms with Crippen molar-refractivity contribution in [2.75, 3.05) is 6.54 Å². The summed E-state index contributed by atoms with van der Waals surface area (Å²) in [5, 5.41) is 0. The van der Waals surface area contributed by atoms with Crippen LogP contribution < -0.4 is 5.73 Å². The number of nitrogens with two attached hydrogens (primary N) is 1. The van der Waals surface area contributed by atoms with E-state index in [4.69, 9.17) is 5.73 Å². The summed E-state index contributed by atoms with van der Waals surface area (Å²) in [5.74, 6) is -1.34. The van der Waals surface area contributed by atoms with Crippen LogP contribution in [0, 0.1) is 25.5 Å². The van der Waals surface area contributed by atoms with E-state index in [0.29, 0.717) is 17.9 Å². The second-order valence-corrected chi connectivity index (χ2v) is 5.78. The molecule has 1 unspecified atom stereocenters. The summed E-state index contributed by atoms with van der Waals surface area (Å²) in [6.45, 7) is 6.24. The lowest BCUT2D eigenvalue weighted by atomic mass is 9.98. The molecule has 0 saturated heterocycles. The van der Waals surface area contributed by atoms with E-state index in [0.717, 1.165) is 23.0 Å². The van der Waals surface area contributed by atoms with Gasteiger partial charge in [-0.2, -0.15) is 0 Å². The Labute approximate surface area is 130 Å². The molecule has 0 fully saturated rings. The van der Waals surface area contributed by atoms with Crippen LogP contribution in [-0.2, 0) is 0 Å². The number of rotatable bonds is 3. The summed E-state index contributed by atoms with van der Waals surface area (Å²) in [4.78, 5) is 8.84. The molecule has 0 aliphatic heterocycles. The van der Waals surface area contributed by atoms with Crippen molar-refractivity contribution >= 4 is 15.9 Å². The first-order chi connectivity index (χ1) is 9.86. The summed E-state index contributed by atoms with van der Waals surface area (Å²) in [6, 6.07) is 2.53. The average Bonchev–Trinajstić information content (AvgIpc) is 2.43. The molecule has 1 atom stereocenters. The number of hydrogen-bond donors (Lipinski definition) is 1. The van der Waals surface area contributed by atoms with Crippen LogP contribution in [0.3, 0.4) is 0 Å². The molecule has 21 heavy (non-hydrogen) atoms. The van der Waals surface area contributed by atoms with Gasteiger partial charge in [-0.05, 0) is 59.9 Å². The average molecular weight is 356 g/mol. The first-order valence-electron chi connectivity index (χ1n) is 6.55. The van der Waals surface area contributed by atoms with Crippen molar-refractivity contribution in [3.63, 3.8) is 0 Å². The maximum atomic E-state index is 13.6. The number of benzene rings is 1. The van der Waals surface area contributed by atoms with E-state index in [2.05, 4.69) is 25.9 Å². The molecule has 0 bridgehead atoms. The molecular formula is C15H16BrF2N3. The first-order valence-corrected chi connectivity index (χ1v) is 7.35. The van der Waals surface area contributed by atoms with E-state index in [9.17, 15) is 8.78 Å². The fourth-order valence-corrected chi connectivity index (χ4v) is 2.87. The predicted octanol–water partition coefficient (Wildman–Crippen LogP) is 3.86. The molecule has 3 nitrogen and oxygen atoms in total. The summed E-state index contributed by atoms with van der Waals surface area (Å²) in [6.07, 6.45) is 0. The zero-order valence-corrected chi connectivity index (χ0v) is 13.6. The minimum atomic E-state index is -0.939. The SMILES string of the molecule is Cc1nc(-c2ccc(F)c(F)c2Br)nc(C)c1C(C)CN. The van der Waals surface area contributed by atoms with Crippen LogP contribution >= 0.6 is 15.9 Å². The Balaban J connectivity index is 2.60. The number of aryl methyl sites for hydroxylation is 2. The Bertz CT molecular complexity index is 666. The van der Waals surface area contributed by atoms with E-state index >= 15 is 0 Å². The molecule has 1 aromatic heterocycles. The van der Waals surface area contributed by atoms with Gasteiger partial charge in [-0.3, -0.25) is 0 Å². The topological polar surface area (TPSA) is 51.8 Å². The van der Waals surface area contributed by atoms with E-state index < -0.39 is 11.6 Å². The maximum absolute atomic E-state index is 13.6. The molecule has 112 valence electrons. The molecule has 6 heteroatoms. The van der Waals surface area contributed by atoms with E-state index in [-0.39, 0.29) is 10.4 Å². The van der Waals surface area contributed by atoms with Crippen LogP contribution in [-0.4, -0.2) is 16.5 Å². The van der Waals surface area contributed by atoms with Gasteiger partial charge in [-0.1, -0.05) is 6.92 Å². The molecule has 2 N–H and O–H groups in total. The highest BCUT2D eigenvalue weighted by atomic mass is 79.9. The number of aromatic nitrogens is 2. The highest BCUT2D eigenvalue weighted by Gasteiger charge is 2.18. The predicted molar refractivity (Wildman–Crippen MR) is 82.0 cm³/mol. The van der Waals surface area contributed by atoms with Gasteiger partial charge in [0.25, 0.3) is 0 Å². The van der Waals surface area contributed by atoms with Crippen LogP contribution in [0.25, 0.3) is 11.4 Å². The number of nitrogens with zero attached hydrogens (tertiary/aromatic N) is 2. The van der Waals surface area contributed by atoms with E-state index in [1.54, 1.807) is 0 Å². The Kier molecular flexibility index (Phi) is 4.68.